The van der Waals surface area contributed by atoms with Gasteiger partial charge >= 0.3 is 0 Å². The summed E-state index contributed by atoms with van der Waals surface area (Å²) in [5.41, 5.74) is 7.34. The molecule has 0 bridgehead atoms. The van der Waals surface area contributed by atoms with Crippen molar-refractivity contribution in [2.45, 2.75) is 44.4 Å². The maximum Gasteiger partial charge on any atom is 0.104 e. The number of halogens is 1. The predicted octanol–water partition coefficient (Wildman–Crippen LogP) is 2.73. The van der Waals surface area contributed by atoms with E-state index in [1.807, 2.05) is 6.07 Å². The van der Waals surface area contributed by atoms with E-state index in [2.05, 4.69) is 29.2 Å². The first-order chi connectivity index (χ1) is 8.75. The van der Waals surface area contributed by atoms with Crippen molar-refractivity contribution >= 4 is 0 Å². The molecule has 2 atom stereocenters. The van der Waals surface area contributed by atoms with Gasteiger partial charge < -0.3 is 5.73 Å². The number of alkyl halides is 1. The van der Waals surface area contributed by atoms with Crippen molar-refractivity contribution in [1.29, 1.82) is 0 Å². The van der Waals surface area contributed by atoms with Crippen LogP contribution in [0.25, 0.3) is 0 Å². The van der Waals surface area contributed by atoms with Gasteiger partial charge in [0.25, 0.3) is 0 Å². The quantitative estimate of drug-likeness (QED) is 0.814. The molecule has 0 saturated carbocycles. The molecule has 18 heavy (non-hydrogen) atoms. The van der Waals surface area contributed by atoms with Gasteiger partial charge in [0.2, 0.25) is 0 Å². The number of nitrogens with zero attached hydrogens (tertiary/aromatic N) is 1. The molecular formula is C15H23FN2. The Balaban J connectivity index is 1.64. The van der Waals surface area contributed by atoms with Gasteiger partial charge in [-0.05, 0) is 37.8 Å². The molecule has 2 rings (SSSR count). The normalized spacial score (nSPS) is 25.2. The lowest BCUT2D eigenvalue weighted by molar-refractivity contribution is 0.0920. The van der Waals surface area contributed by atoms with Crippen molar-refractivity contribution in [2.75, 3.05) is 13.1 Å². The molecule has 1 aromatic carbocycles. The third-order valence-electron chi connectivity index (χ3n) is 3.70. The van der Waals surface area contributed by atoms with Crippen LogP contribution < -0.4 is 5.73 Å². The number of benzene rings is 1. The summed E-state index contributed by atoms with van der Waals surface area (Å²) >= 11 is 0. The van der Waals surface area contributed by atoms with Crippen LogP contribution in [0.2, 0.25) is 0 Å². The van der Waals surface area contributed by atoms with Gasteiger partial charge in [-0.25, -0.2) is 4.39 Å². The molecule has 0 aromatic heterocycles. The number of hydrogen-bond donors (Lipinski definition) is 1. The average molecular weight is 250 g/mol. The highest BCUT2D eigenvalue weighted by Crippen LogP contribution is 2.17. The fourth-order valence-electron chi connectivity index (χ4n) is 2.57. The Kier molecular flexibility index (Phi) is 5.14. The molecule has 100 valence electrons. The molecule has 0 radical (unpaired) electrons. The topological polar surface area (TPSA) is 29.3 Å². The summed E-state index contributed by atoms with van der Waals surface area (Å²) in [6, 6.07) is 10.5. The first-order valence-electron chi connectivity index (χ1n) is 6.93. The summed E-state index contributed by atoms with van der Waals surface area (Å²) in [5.74, 6) is 0. The number of nitrogens with two attached hydrogens (primary N) is 1. The third-order valence-corrected chi connectivity index (χ3v) is 3.70. The lowest BCUT2D eigenvalue weighted by Gasteiger charge is -2.34. The Morgan fingerprint density at radius 1 is 1.22 bits per heavy atom. The van der Waals surface area contributed by atoms with Crippen LogP contribution in [0, 0.1) is 0 Å². The van der Waals surface area contributed by atoms with Crippen molar-refractivity contribution in [3.63, 3.8) is 0 Å². The van der Waals surface area contributed by atoms with Crippen molar-refractivity contribution < 1.29 is 4.39 Å². The molecule has 0 aliphatic carbocycles. The van der Waals surface area contributed by atoms with E-state index in [1.54, 1.807) is 0 Å². The second kappa shape index (κ2) is 6.86. The molecule has 1 aliphatic rings. The van der Waals surface area contributed by atoms with Crippen LogP contribution in [-0.2, 0) is 6.42 Å². The van der Waals surface area contributed by atoms with Crippen molar-refractivity contribution in [1.82, 2.24) is 4.90 Å². The SMILES string of the molecule is NC1CC(F)CCN1CCCCc1ccccc1. The van der Waals surface area contributed by atoms with E-state index in [0.29, 0.717) is 12.8 Å². The monoisotopic (exact) mass is 250 g/mol. The molecule has 1 aromatic rings. The molecule has 1 aliphatic heterocycles. The zero-order valence-electron chi connectivity index (χ0n) is 10.9. The maximum absolute atomic E-state index is 13.1. The van der Waals surface area contributed by atoms with Gasteiger partial charge in [-0.15, -0.1) is 0 Å². The Hall–Kier alpha value is -0.930. The highest BCUT2D eigenvalue weighted by molar-refractivity contribution is 5.14. The zero-order chi connectivity index (χ0) is 12.8. The Bertz CT molecular complexity index is 342. The van der Waals surface area contributed by atoms with Crippen LogP contribution in [0.3, 0.4) is 0 Å². The van der Waals surface area contributed by atoms with Crippen LogP contribution >= 0.6 is 0 Å². The molecule has 0 amide bonds. The van der Waals surface area contributed by atoms with Gasteiger partial charge in [0.15, 0.2) is 0 Å². The van der Waals surface area contributed by atoms with Gasteiger partial charge in [0, 0.05) is 13.0 Å². The summed E-state index contributed by atoms with van der Waals surface area (Å²) in [5, 5.41) is 0. The molecule has 1 saturated heterocycles. The van der Waals surface area contributed by atoms with Crippen LogP contribution in [0.5, 0.6) is 0 Å². The van der Waals surface area contributed by atoms with Gasteiger partial charge in [-0.1, -0.05) is 30.3 Å². The second-order valence-electron chi connectivity index (χ2n) is 5.17. The molecule has 3 heteroatoms. The highest BCUT2D eigenvalue weighted by atomic mass is 19.1. The summed E-state index contributed by atoms with van der Waals surface area (Å²) in [6.07, 6.45) is 3.80. The minimum Gasteiger partial charge on any atom is -0.316 e. The van der Waals surface area contributed by atoms with E-state index in [-0.39, 0.29) is 6.17 Å². The van der Waals surface area contributed by atoms with Gasteiger partial charge in [0.1, 0.15) is 6.17 Å². The number of rotatable bonds is 5. The molecule has 0 spiro atoms. The van der Waals surface area contributed by atoms with E-state index in [1.165, 1.54) is 12.0 Å². The van der Waals surface area contributed by atoms with Gasteiger partial charge in [-0.2, -0.15) is 0 Å². The predicted molar refractivity (Wildman–Crippen MR) is 73.1 cm³/mol. The van der Waals surface area contributed by atoms with Gasteiger partial charge in [0.05, 0.1) is 6.17 Å². The second-order valence-corrected chi connectivity index (χ2v) is 5.17. The maximum atomic E-state index is 13.1. The summed E-state index contributed by atoms with van der Waals surface area (Å²) < 4.78 is 13.1. The fraction of sp³-hybridized carbons (Fsp3) is 0.600. The number of aryl methyl sites for hydroxylation is 1. The van der Waals surface area contributed by atoms with E-state index < -0.39 is 6.17 Å². The smallest absolute Gasteiger partial charge is 0.104 e. The van der Waals surface area contributed by atoms with E-state index in [9.17, 15) is 4.39 Å². The lowest BCUT2D eigenvalue weighted by atomic mass is 10.0. The zero-order valence-corrected chi connectivity index (χ0v) is 10.9. The molecular weight excluding hydrogens is 227 g/mol. The Morgan fingerprint density at radius 3 is 2.72 bits per heavy atom. The van der Waals surface area contributed by atoms with Crippen LogP contribution in [0.1, 0.15) is 31.2 Å². The first kappa shape index (κ1) is 13.5. The largest absolute Gasteiger partial charge is 0.316 e. The van der Waals surface area contributed by atoms with E-state index in [4.69, 9.17) is 5.73 Å². The number of hydrogen-bond acceptors (Lipinski definition) is 2. The average Bonchev–Trinajstić information content (AvgIpc) is 2.38. The molecule has 2 unspecified atom stereocenters. The molecule has 2 N–H and O–H groups in total. The lowest BCUT2D eigenvalue weighted by Crippen LogP contribution is -2.48. The minimum atomic E-state index is -0.694. The summed E-state index contributed by atoms with van der Waals surface area (Å²) in [4.78, 5) is 2.22. The van der Waals surface area contributed by atoms with Crippen LogP contribution in [0.15, 0.2) is 30.3 Å². The number of piperidine rings is 1. The number of unbranched alkanes of at least 4 members (excludes halogenated alkanes) is 1. The van der Waals surface area contributed by atoms with E-state index in [0.717, 1.165) is 25.9 Å². The van der Waals surface area contributed by atoms with Gasteiger partial charge in [-0.3, -0.25) is 4.90 Å². The van der Waals surface area contributed by atoms with Crippen molar-refractivity contribution in [2.24, 2.45) is 5.73 Å². The number of likely N-dealkylation sites (tertiary alicyclic amines) is 1. The van der Waals surface area contributed by atoms with Crippen molar-refractivity contribution in [3.8, 4) is 0 Å². The third kappa shape index (κ3) is 4.07. The van der Waals surface area contributed by atoms with E-state index >= 15 is 0 Å². The molecule has 1 heterocycles. The fourth-order valence-corrected chi connectivity index (χ4v) is 2.57. The Morgan fingerprint density at radius 2 is 2.00 bits per heavy atom. The molecule has 2 nitrogen and oxygen atoms in total. The summed E-state index contributed by atoms with van der Waals surface area (Å²) in [6.45, 7) is 1.81. The summed E-state index contributed by atoms with van der Waals surface area (Å²) in [7, 11) is 0. The standard InChI is InChI=1S/C15H23FN2/c16-14-9-11-18(15(17)12-14)10-5-4-8-13-6-2-1-3-7-13/h1-3,6-7,14-15H,4-5,8-12,17H2. The minimum absolute atomic E-state index is 0.0783. The Labute approximate surface area is 109 Å². The molecule has 1 fully saturated rings. The highest BCUT2D eigenvalue weighted by Gasteiger charge is 2.24. The van der Waals surface area contributed by atoms with Crippen LogP contribution in [-0.4, -0.2) is 30.3 Å². The first-order valence-corrected chi connectivity index (χ1v) is 6.93. The van der Waals surface area contributed by atoms with Crippen LogP contribution in [0.4, 0.5) is 4.39 Å². The van der Waals surface area contributed by atoms with Crippen molar-refractivity contribution in [3.05, 3.63) is 35.9 Å².